The summed E-state index contributed by atoms with van der Waals surface area (Å²) in [6.45, 7) is -2.54. The molecule has 0 fully saturated rings. The minimum Gasteiger partial charge on any atom is -0.508 e. The first-order valence-corrected chi connectivity index (χ1v) is 10.3. The minimum absolute atomic E-state index is 0.116. The van der Waals surface area contributed by atoms with E-state index in [1.54, 1.807) is 12.1 Å². The molecule has 24 heavy (non-hydrogen) atoms. The van der Waals surface area contributed by atoms with Crippen LogP contribution in [0.25, 0.3) is 0 Å². The summed E-state index contributed by atoms with van der Waals surface area (Å²) in [4.78, 5) is 18.5. The smallest absolute Gasteiger partial charge is 0.388 e. The average Bonchev–Trinajstić information content (AvgIpc) is 2.48. The van der Waals surface area contributed by atoms with Crippen molar-refractivity contribution in [2.75, 3.05) is 0 Å². The summed E-state index contributed by atoms with van der Waals surface area (Å²) in [7, 11) is 0. The average molecular weight is 370 g/mol. The van der Waals surface area contributed by atoms with Gasteiger partial charge in [-0.3, -0.25) is 0 Å². The van der Waals surface area contributed by atoms with Crippen molar-refractivity contribution >= 4 is 18.2 Å². The number of rotatable bonds is 6. The monoisotopic (exact) mass is 370 g/mol. The maximum absolute atomic E-state index is 11.3. The Hall–Kier alpha value is -1.50. The fourth-order valence-electron chi connectivity index (χ4n) is 2.55. The predicted molar refractivity (Wildman–Crippen MR) is 92.1 cm³/mol. The van der Waals surface area contributed by atoms with Crippen molar-refractivity contribution in [1.29, 1.82) is 0 Å². The second-order valence-electron chi connectivity index (χ2n) is 5.36. The van der Waals surface area contributed by atoms with E-state index in [0.717, 1.165) is 5.56 Å². The molecule has 2 unspecified atom stereocenters. The van der Waals surface area contributed by atoms with Gasteiger partial charge in [-0.15, -0.1) is 0 Å². The van der Waals surface area contributed by atoms with Gasteiger partial charge in [-0.2, -0.15) is 0 Å². The zero-order chi connectivity index (χ0) is 17.9. The number of benzene rings is 2. The molecule has 6 nitrogen and oxygen atoms in total. The van der Waals surface area contributed by atoms with Crippen LogP contribution >= 0.6 is 18.2 Å². The van der Waals surface area contributed by atoms with Crippen molar-refractivity contribution in [3.8, 4) is 11.5 Å². The first-order valence-electron chi connectivity index (χ1n) is 7.26. The fourth-order valence-corrected chi connectivity index (χ4v) is 4.52. The zero-order valence-corrected chi connectivity index (χ0v) is 14.6. The summed E-state index contributed by atoms with van der Waals surface area (Å²) in [6.07, 6.45) is -0.443. The molecule has 0 aliphatic heterocycles. The molecule has 2 aromatic rings. The van der Waals surface area contributed by atoms with E-state index in [2.05, 4.69) is 0 Å². The quantitative estimate of drug-likeness (QED) is 0.494. The molecule has 0 amide bonds. The molecule has 8 heteroatoms. The van der Waals surface area contributed by atoms with Crippen LogP contribution in [0.5, 0.6) is 11.5 Å². The van der Waals surface area contributed by atoms with Crippen LogP contribution < -0.4 is 0 Å². The molecule has 130 valence electrons. The molecule has 0 aromatic heterocycles. The van der Waals surface area contributed by atoms with Gasteiger partial charge in [0.25, 0.3) is 0 Å². The number of phenols is 2. The topological polar surface area (TPSA) is 118 Å². The highest BCUT2D eigenvalue weighted by atomic mass is 32.7. The largest absolute Gasteiger partial charge is 0.508 e. The highest BCUT2D eigenvalue weighted by molar-refractivity contribution is 8.54. The second-order valence-corrected chi connectivity index (χ2v) is 8.93. The van der Waals surface area contributed by atoms with Crippen LogP contribution in [-0.4, -0.2) is 25.1 Å². The molecular weight excluding hydrogens is 351 g/mol. The van der Waals surface area contributed by atoms with Gasteiger partial charge >= 0.3 is 6.80 Å². The number of hydrogen-bond donors (Lipinski definition) is 5. The Morgan fingerprint density at radius 1 is 1.04 bits per heavy atom. The fraction of sp³-hybridized carbons (Fsp3) is 0.250. The molecule has 0 spiro atoms. The van der Waals surface area contributed by atoms with Gasteiger partial charge in [0.05, 0.1) is 6.10 Å². The van der Waals surface area contributed by atoms with E-state index in [-0.39, 0.29) is 22.3 Å². The van der Waals surface area contributed by atoms with Gasteiger partial charge in [0, 0.05) is 10.8 Å². The third-order valence-corrected chi connectivity index (χ3v) is 5.77. The Morgan fingerprint density at radius 3 is 2.17 bits per heavy atom. The van der Waals surface area contributed by atoms with Crippen LogP contribution in [0.1, 0.15) is 36.5 Å². The molecule has 0 heterocycles. The van der Waals surface area contributed by atoms with E-state index in [1.165, 1.54) is 30.3 Å². The lowest BCUT2D eigenvalue weighted by molar-refractivity contribution is 0.140. The van der Waals surface area contributed by atoms with Gasteiger partial charge in [0.2, 0.25) is 0 Å². The van der Waals surface area contributed by atoms with Gasteiger partial charge < -0.3 is 25.1 Å². The summed E-state index contributed by atoms with van der Waals surface area (Å²) in [6, 6.07) is 10.5. The molecule has 0 bridgehead atoms. The lowest BCUT2D eigenvalue weighted by atomic mass is 9.87. The molecule has 0 saturated heterocycles. The van der Waals surface area contributed by atoms with Crippen LogP contribution in [0.3, 0.4) is 0 Å². The van der Waals surface area contributed by atoms with E-state index in [1.807, 2.05) is 6.92 Å². The zero-order valence-electron chi connectivity index (χ0n) is 12.9. The Kier molecular flexibility index (Phi) is 5.96. The molecule has 2 atom stereocenters. The summed E-state index contributed by atoms with van der Waals surface area (Å²) in [5, 5.41) is 29.7. The van der Waals surface area contributed by atoms with Crippen molar-refractivity contribution in [2.24, 2.45) is 0 Å². The van der Waals surface area contributed by atoms with Crippen LogP contribution in [0, 0.1) is 0 Å². The lowest BCUT2D eigenvalue weighted by Crippen LogP contribution is -2.11. The second kappa shape index (κ2) is 7.59. The van der Waals surface area contributed by atoms with Crippen molar-refractivity contribution < 1.29 is 29.7 Å². The molecule has 2 rings (SSSR count). The van der Waals surface area contributed by atoms with Gasteiger partial charge in [0.1, 0.15) is 11.5 Å². The van der Waals surface area contributed by atoms with Crippen LogP contribution in [0.4, 0.5) is 0 Å². The molecular formula is C16H19O6PS. The predicted octanol–water partition coefficient (Wildman–Crippen LogP) is 3.51. The summed E-state index contributed by atoms with van der Waals surface area (Å²) in [5.74, 6) is -0.351. The third kappa shape index (κ3) is 4.75. The molecule has 0 radical (unpaired) electrons. The maximum Gasteiger partial charge on any atom is 0.388 e. The number of aliphatic hydroxyl groups is 1. The summed E-state index contributed by atoms with van der Waals surface area (Å²) < 4.78 is 11.3. The molecule has 0 saturated carbocycles. The lowest BCUT2D eigenvalue weighted by Gasteiger charge is -2.24. The van der Waals surface area contributed by atoms with E-state index < -0.39 is 12.9 Å². The minimum atomic E-state index is -4.43. The van der Waals surface area contributed by atoms with Gasteiger partial charge in [-0.25, -0.2) is 4.57 Å². The van der Waals surface area contributed by atoms with Crippen molar-refractivity contribution in [3.63, 3.8) is 0 Å². The van der Waals surface area contributed by atoms with Crippen molar-refractivity contribution in [1.82, 2.24) is 0 Å². The van der Waals surface area contributed by atoms with Crippen LogP contribution in [-0.2, 0) is 4.57 Å². The number of phenolic OH excluding ortho intramolecular Hbond substituents is 2. The van der Waals surface area contributed by atoms with Gasteiger partial charge in [-0.1, -0.05) is 25.1 Å². The number of hydrogen-bond acceptors (Lipinski definition) is 5. The molecule has 0 aliphatic rings. The van der Waals surface area contributed by atoms with E-state index in [0.29, 0.717) is 23.4 Å². The number of aromatic hydroxyl groups is 2. The highest BCUT2D eigenvalue weighted by Crippen LogP contribution is 2.57. The SMILES string of the molecule is CCC(c1ccc(O)cc1)C(O)c1ccc(O)cc1SP(=O)(O)O. The Morgan fingerprint density at radius 2 is 1.62 bits per heavy atom. The highest BCUT2D eigenvalue weighted by Gasteiger charge is 2.27. The summed E-state index contributed by atoms with van der Waals surface area (Å²) in [5.41, 5.74) is 1.13. The molecule has 5 N–H and O–H groups in total. The van der Waals surface area contributed by atoms with E-state index in [4.69, 9.17) is 0 Å². The van der Waals surface area contributed by atoms with Crippen LogP contribution in [0.2, 0.25) is 0 Å². The molecule has 2 aromatic carbocycles. The van der Waals surface area contributed by atoms with Crippen molar-refractivity contribution in [3.05, 3.63) is 53.6 Å². The first kappa shape index (κ1) is 18.8. The Bertz CT molecular complexity index is 743. The van der Waals surface area contributed by atoms with E-state index in [9.17, 15) is 29.7 Å². The van der Waals surface area contributed by atoms with E-state index >= 15 is 0 Å². The molecule has 0 aliphatic carbocycles. The van der Waals surface area contributed by atoms with Crippen LogP contribution in [0.15, 0.2) is 47.4 Å². The maximum atomic E-state index is 11.3. The van der Waals surface area contributed by atoms with Gasteiger partial charge in [0.15, 0.2) is 0 Å². The van der Waals surface area contributed by atoms with Crippen molar-refractivity contribution in [2.45, 2.75) is 30.3 Å². The van der Waals surface area contributed by atoms with Gasteiger partial charge in [-0.05, 0) is 53.2 Å². The summed E-state index contributed by atoms with van der Waals surface area (Å²) >= 11 is 0.302. The first-order chi connectivity index (χ1) is 11.2. The normalized spacial score (nSPS) is 14.3. The Balaban J connectivity index is 2.41. The standard InChI is InChI=1S/C16H19O6PS/c1-2-13(10-3-5-11(17)6-4-10)16(19)14-8-7-12(18)9-15(14)24-23(20,21)22/h3-9,13,16-19H,2H2,1H3,(H2,20,21,22). The third-order valence-electron chi connectivity index (χ3n) is 3.68. The Labute approximate surface area is 143 Å². The number of aliphatic hydroxyl groups excluding tert-OH is 1.